The third kappa shape index (κ3) is 3.62. The van der Waals surface area contributed by atoms with E-state index in [0.29, 0.717) is 0 Å². The van der Waals surface area contributed by atoms with Gasteiger partial charge in [0.2, 0.25) is 11.7 Å². The van der Waals surface area contributed by atoms with E-state index in [2.05, 4.69) is 15.5 Å². The second-order valence-electron chi connectivity index (χ2n) is 5.01. The minimum absolute atomic E-state index is 0.152. The average molecular weight is 329 g/mol. The van der Waals surface area contributed by atoms with Crippen LogP contribution >= 0.6 is 0 Å². The first-order valence-electron chi connectivity index (χ1n) is 7.25. The highest BCUT2D eigenvalue weighted by Crippen LogP contribution is 2.19. The molecule has 1 heterocycles. The first-order valence-corrected chi connectivity index (χ1v) is 7.25. The quantitative estimate of drug-likeness (QED) is 0.781. The standard InChI is InChI=1S/C17H13F2N3O2/c18-12-5-3-4-11(10-12)17(23)20-9-8-15-21-16(22-24-15)13-6-1-2-7-14(13)19/h1-7,10H,8-9H2,(H,20,23). The Bertz CT molecular complexity index is 864. The Morgan fingerprint density at radius 2 is 1.96 bits per heavy atom. The SMILES string of the molecule is O=C(NCCc1nc(-c2ccccc2F)no1)c1cccc(F)c1. The van der Waals surface area contributed by atoms with Crippen LogP contribution in [-0.2, 0) is 6.42 Å². The predicted octanol–water partition coefficient (Wildman–Crippen LogP) is 2.99. The highest BCUT2D eigenvalue weighted by molar-refractivity contribution is 5.94. The van der Waals surface area contributed by atoms with Gasteiger partial charge in [-0.25, -0.2) is 8.78 Å². The monoisotopic (exact) mass is 329 g/mol. The van der Waals surface area contributed by atoms with Crippen LogP contribution in [-0.4, -0.2) is 22.6 Å². The number of aromatic nitrogens is 2. The number of halogens is 2. The maximum atomic E-state index is 13.7. The zero-order valence-electron chi connectivity index (χ0n) is 12.5. The zero-order valence-corrected chi connectivity index (χ0v) is 12.5. The molecule has 122 valence electrons. The van der Waals surface area contributed by atoms with E-state index in [4.69, 9.17) is 4.52 Å². The summed E-state index contributed by atoms with van der Waals surface area (Å²) in [6.45, 7) is 0.230. The molecule has 7 heteroatoms. The third-order valence-corrected chi connectivity index (χ3v) is 3.29. The largest absolute Gasteiger partial charge is 0.352 e. The van der Waals surface area contributed by atoms with Gasteiger partial charge in [-0.1, -0.05) is 23.4 Å². The molecule has 0 aliphatic rings. The summed E-state index contributed by atoms with van der Waals surface area (Å²) in [5.74, 6) is -0.894. The molecule has 1 amide bonds. The van der Waals surface area contributed by atoms with E-state index in [0.717, 1.165) is 6.07 Å². The Morgan fingerprint density at radius 1 is 1.12 bits per heavy atom. The second kappa shape index (κ2) is 6.99. The van der Waals surface area contributed by atoms with Crippen molar-refractivity contribution in [3.63, 3.8) is 0 Å². The maximum absolute atomic E-state index is 13.7. The fraction of sp³-hybridized carbons (Fsp3) is 0.118. The number of rotatable bonds is 5. The van der Waals surface area contributed by atoms with Crippen molar-refractivity contribution in [2.45, 2.75) is 6.42 Å². The first-order chi connectivity index (χ1) is 11.6. The molecule has 0 saturated carbocycles. The number of amides is 1. The molecule has 0 atom stereocenters. The fourth-order valence-corrected chi connectivity index (χ4v) is 2.12. The van der Waals surface area contributed by atoms with Gasteiger partial charge >= 0.3 is 0 Å². The Kier molecular flexibility index (Phi) is 4.60. The van der Waals surface area contributed by atoms with Crippen molar-refractivity contribution in [1.82, 2.24) is 15.5 Å². The van der Waals surface area contributed by atoms with Crippen LogP contribution in [0.1, 0.15) is 16.2 Å². The highest BCUT2D eigenvalue weighted by Gasteiger charge is 2.12. The molecule has 0 fully saturated rings. The van der Waals surface area contributed by atoms with Crippen molar-refractivity contribution in [3.05, 3.63) is 71.6 Å². The Morgan fingerprint density at radius 3 is 2.75 bits per heavy atom. The summed E-state index contributed by atoms with van der Waals surface area (Å²) in [7, 11) is 0. The van der Waals surface area contributed by atoms with Crippen LogP contribution in [0.3, 0.4) is 0 Å². The summed E-state index contributed by atoms with van der Waals surface area (Å²) in [5, 5.41) is 6.35. The van der Waals surface area contributed by atoms with Crippen LogP contribution in [0.15, 0.2) is 53.1 Å². The van der Waals surface area contributed by atoms with Crippen LogP contribution in [0.25, 0.3) is 11.4 Å². The molecule has 0 aliphatic carbocycles. The summed E-state index contributed by atoms with van der Waals surface area (Å²) in [6.07, 6.45) is 0.280. The molecule has 3 rings (SSSR count). The number of carbonyl (C=O) groups excluding carboxylic acids is 1. The summed E-state index contributed by atoms with van der Waals surface area (Å²) in [6, 6.07) is 11.5. The van der Waals surface area contributed by atoms with Gasteiger partial charge in [-0.3, -0.25) is 4.79 Å². The molecule has 0 saturated heterocycles. The Labute approximate surface area is 136 Å². The molecule has 24 heavy (non-hydrogen) atoms. The molecule has 0 radical (unpaired) electrons. The van der Waals surface area contributed by atoms with Crippen molar-refractivity contribution in [2.75, 3.05) is 6.54 Å². The van der Waals surface area contributed by atoms with Gasteiger partial charge in [0.05, 0.1) is 5.56 Å². The lowest BCUT2D eigenvalue weighted by atomic mass is 10.2. The summed E-state index contributed by atoms with van der Waals surface area (Å²) < 4.78 is 31.8. The normalized spacial score (nSPS) is 10.6. The van der Waals surface area contributed by atoms with E-state index in [1.54, 1.807) is 18.2 Å². The van der Waals surface area contributed by atoms with Gasteiger partial charge < -0.3 is 9.84 Å². The van der Waals surface area contributed by atoms with Gasteiger partial charge in [-0.05, 0) is 30.3 Å². The van der Waals surface area contributed by atoms with Crippen LogP contribution < -0.4 is 5.32 Å². The van der Waals surface area contributed by atoms with Gasteiger partial charge in [0.1, 0.15) is 11.6 Å². The van der Waals surface area contributed by atoms with Crippen LogP contribution in [0, 0.1) is 11.6 Å². The second-order valence-corrected chi connectivity index (χ2v) is 5.01. The lowest BCUT2D eigenvalue weighted by Gasteiger charge is -2.03. The molecular weight excluding hydrogens is 316 g/mol. The molecule has 0 unspecified atom stereocenters. The van der Waals surface area contributed by atoms with Crippen molar-refractivity contribution in [2.24, 2.45) is 0 Å². The predicted molar refractivity (Wildman–Crippen MR) is 82.1 cm³/mol. The van der Waals surface area contributed by atoms with Crippen molar-refractivity contribution in [3.8, 4) is 11.4 Å². The van der Waals surface area contributed by atoms with E-state index in [9.17, 15) is 13.6 Å². The van der Waals surface area contributed by atoms with Gasteiger partial charge in [-0.15, -0.1) is 0 Å². The third-order valence-electron chi connectivity index (χ3n) is 3.29. The van der Waals surface area contributed by atoms with E-state index in [1.165, 1.54) is 24.3 Å². The molecular formula is C17H13F2N3O2. The van der Waals surface area contributed by atoms with E-state index in [-0.39, 0.29) is 35.8 Å². The highest BCUT2D eigenvalue weighted by atomic mass is 19.1. The molecule has 1 aromatic heterocycles. The van der Waals surface area contributed by atoms with Gasteiger partial charge in [0, 0.05) is 18.5 Å². The fourth-order valence-electron chi connectivity index (χ4n) is 2.12. The molecule has 5 nitrogen and oxygen atoms in total. The summed E-state index contributed by atoms with van der Waals surface area (Å²) >= 11 is 0. The van der Waals surface area contributed by atoms with Gasteiger partial charge in [0.15, 0.2) is 0 Å². The number of hydrogen-bond donors (Lipinski definition) is 1. The topological polar surface area (TPSA) is 68.0 Å². The molecule has 2 aromatic carbocycles. The molecule has 1 N–H and O–H groups in total. The molecule has 0 spiro atoms. The molecule has 0 bridgehead atoms. The van der Waals surface area contributed by atoms with E-state index >= 15 is 0 Å². The average Bonchev–Trinajstić information content (AvgIpc) is 3.04. The van der Waals surface area contributed by atoms with Gasteiger partial charge in [0.25, 0.3) is 5.91 Å². The van der Waals surface area contributed by atoms with Crippen molar-refractivity contribution < 1.29 is 18.1 Å². The van der Waals surface area contributed by atoms with Crippen molar-refractivity contribution >= 4 is 5.91 Å². The lowest BCUT2D eigenvalue weighted by Crippen LogP contribution is -2.25. The van der Waals surface area contributed by atoms with Crippen LogP contribution in [0.5, 0.6) is 0 Å². The number of nitrogens with zero attached hydrogens (tertiary/aromatic N) is 2. The van der Waals surface area contributed by atoms with Gasteiger partial charge in [-0.2, -0.15) is 4.98 Å². The lowest BCUT2D eigenvalue weighted by molar-refractivity contribution is 0.0953. The molecule has 3 aromatic rings. The van der Waals surface area contributed by atoms with Crippen molar-refractivity contribution in [1.29, 1.82) is 0 Å². The summed E-state index contributed by atoms with van der Waals surface area (Å²) in [4.78, 5) is 16.0. The minimum atomic E-state index is -0.478. The van der Waals surface area contributed by atoms with E-state index in [1.807, 2.05) is 0 Å². The number of carbonyl (C=O) groups is 1. The Balaban J connectivity index is 1.58. The number of nitrogens with one attached hydrogen (secondary N) is 1. The van der Waals surface area contributed by atoms with E-state index < -0.39 is 17.5 Å². The zero-order chi connectivity index (χ0) is 16.9. The number of hydrogen-bond acceptors (Lipinski definition) is 4. The van der Waals surface area contributed by atoms with Crippen LogP contribution in [0.4, 0.5) is 8.78 Å². The number of benzene rings is 2. The summed E-state index contributed by atoms with van der Waals surface area (Å²) in [5.41, 5.74) is 0.476. The Hall–Kier alpha value is -3.09. The minimum Gasteiger partial charge on any atom is -0.352 e. The first kappa shape index (κ1) is 15.8. The molecule has 0 aliphatic heterocycles. The van der Waals surface area contributed by atoms with Crippen LogP contribution in [0.2, 0.25) is 0 Å². The maximum Gasteiger partial charge on any atom is 0.251 e. The smallest absolute Gasteiger partial charge is 0.251 e.